The first kappa shape index (κ1) is 18.9. The molecule has 0 fully saturated rings. The predicted molar refractivity (Wildman–Crippen MR) is 99.5 cm³/mol. The van der Waals surface area contributed by atoms with E-state index >= 15 is 0 Å². The third-order valence-electron chi connectivity index (χ3n) is 3.65. The van der Waals surface area contributed by atoms with E-state index in [4.69, 9.17) is 19.5 Å². The van der Waals surface area contributed by atoms with Crippen LogP contribution in [0.2, 0.25) is 0 Å². The highest BCUT2D eigenvalue weighted by Gasteiger charge is 2.14. The topological polar surface area (TPSA) is 80.6 Å². The standard InChI is InChI=1S/C20H20N2O4/c1-24-17-10-6-15(19(25-2)20(17)26-3)7-11-18(23)22-16-8-4-14(5-9-16)12-13-21/h4-11H,12H2,1-3H3,(H,22,23)/b11-7+. The van der Waals surface area contributed by atoms with Crippen molar-refractivity contribution in [3.05, 3.63) is 53.6 Å². The maximum atomic E-state index is 12.1. The fourth-order valence-electron chi connectivity index (χ4n) is 2.40. The van der Waals surface area contributed by atoms with Gasteiger partial charge in [0.2, 0.25) is 11.7 Å². The number of ether oxygens (including phenoxy) is 3. The molecule has 134 valence electrons. The van der Waals surface area contributed by atoms with Crippen molar-refractivity contribution in [2.45, 2.75) is 6.42 Å². The highest BCUT2D eigenvalue weighted by Crippen LogP contribution is 2.40. The zero-order valence-electron chi connectivity index (χ0n) is 14.9. The Morgan fingerprint density at radius 1 is 1.04 bits per heavy atom. The summed E-state index contributed by atoms with van der Waals surface area (Å²) in [5, 5.41) is 11.4. The smallest absolute Gasteiger partial charge is 0.248 e. The second-order valence-electron chi connectivity index (χ2n) is 5.28. The van der Waals surface area contributed by atoms with Gasteiger partial charge in [-0.1, -0.05) is 12.1 Å². The summed E-state index contributed by atoms with van der Waals surface area (Å²) in [6.07, 6.45) is 3.39. The lowest BCUT2D eigenvalue weighted by Gasteiger charge is -2.13. The monoisotopic (exact) mass is 352 g/mol. The Labute approximate surface area is 152 Å². The molecule has 1 N–H and O–H groups in total. The summed E-state index contributed by atoms with van der Waals surface area (Å²) >= 11 is 0. The maximum Gasteiger partial charge on any atom is 0.248 e. The molecular formula is C20H20N2O4. The summed E-state index contributed by atoms with van der Waals surface area (Å²) in [4.78, 5) is 12.1. The highest BCUT2D eigenvalue weighted by molar-refractivity contribution is 6.02. The lowest BCUT2D eigenvalue weighted by molar-refractivity contribution is -0.111. The first-order valence-corrected chi connectivity index (χ1v) is 7.86. The molecule has 6 nitrogen and oxygen atoms in total. The predicted octanol–water partition coefficient (Wildman–Crippen LogP) is 3.43. The minimum Gasteiger partial charge on any atom is -0.493 e. The molecule has 0 aromatic heterocycles. The Balaban J connectivity index is 2.13. The van der Waals surface area contributed by atoms with Crippen LogP contribution in [0.5, 0.6) is 17.2 Å². The van der Waals surface area contributed by atoms with Crippen molar-refractivity contribution in [3.63, 3.8) is 0 Å². The van der Waals surface area contributed by atoms with Gasteiger partial charge in [0.15, 0.2) is 11.5 Å². The SMILES string of the molecule is COc1ccc(/C=C/C(=O)Nc2ccc(CC#N)cc2)c(OC)c1OC. The molecule has 2 rings (SSSR count). The number of hydrogen-bond donors (Lipinski definition) is 1. The molecule has 0 atom stereocenters. The fraction of sp³-hybridized carbons (Fsp3) is 0.200. The zero-order valence-corrected chi connectivity index (χ0v) is 14.9. The van der Waals surface area contributed by atoms with Crippen LogP contribution >= 0.6 is 0 Å². The quantitative estimate of drug-likeness (QED) is 0.772. The van der Waals surface area contributed by atoms with Crippen LogP contribution in [0.1, 0.15) is 11.1 Å². The zero-order chi connectivity index (χ0) is 18.9. The largest absolute Gasteiger partial charge is 0.493 e. The van der Waals surface area contributed by atoms with Crippen molar-refractivity contribution in [1.82, 2.24) is 0 Å². The molecule has 0 radical (unpaired) electrons. The van der Waals surface area contributed by atoms with Crippen LogP contribution in [-0.2, 0) is 11.2 Å². The molecule has 0 unspecified atom stereocenters. The first-order valence-electron chi connectivity index (χ1n) is 7.86. The molecule has 0 saturated heterocycles. The molecule has 2 aromatic rings. The molecule has 0 aliphatic carbocycles. The number of hydrogen-bond acceptors (Lipinski definition) is 5. The molecular weight excluding hydrogens is 332 g/mol. The summed E-state index contributed by atoms with van der Waals surface area (Å²) in [5.74, 6) is 1.21. The number of methoxy groups -OCH3 is 3. The summed E-state index contributed by atoms with van der Waals surface area (Å²) in [7, 11) is 4.59. The Kier molecular flexibility index (Phi) is 6.63. The molecule has 0 saturated carbocycles. The van der Waals surface area contributed by atoms with Crippen molar-refractivity contribution in [2.75, 3.05) is 26.6 Å². The van der Waals surface area contributed by atoms with E-state index < -0.39 is 0 Å². The van der Waals surface area contributed by atoms with E-state index in [1.54, 1.807) is 49.6 Å². The Bertz CT molecular complexity index is 836. The van der Waals surface area contributed by atoms with Gasteiger partial charge in [-0.25, -0.2) is 0 Å². The van der Waals surface area contributed by atoms with Crippen molar-refractivity contribution in [1.29, 1.82) is 5.26 Å². The van der Waals surface area contributed by atoms with Gasteiger partial charge in [0.05, 0.1) is 33.8 Å². The summed E-state index contributed by atoms with van der Waals surface area (Å²) < 4.78 is 15.9. The fourth-order valence-corrected chi connectivity index (χ4v) is 2.40. The van der Waals surface area contributed by atoms with Crippen molar-refractivity contribution in [3.8, 4) is 23.3 Å². The lowest BCUT2D eigenvalue weighted by atomic mass is 10.1. The number of carbonyl (C=O) groups is 1. The minimum atomic E-state index is -0.283. The van der Waals surface area contributed by atoms with Gasteiger partial charge >= 0.3 is 0 Å². The van der Waals surface area contributed by atoms with Crippen LogP contribution < -0.4 is 19.5 Å². The van der Waals surface area contributed by atoms with Crippen LogP contribution in [0.25, 0.3) is 6.08 Å². The van der Waals surface area contributed by atoms with E-state index in [0.717, 1.165) is 5.56 Å². The Morgan fingerprint density at radius 3 is 2.31 bits per heavy atom. The molecule has 0 heterocycles. The van der Waals surface area contributed by atoms with Crippen LogP contribution in [0.3, 0.4) is 0 Å². The number of nitrogens with zero attached hydrogens (tertiary/aromatic N) is 1. The van der Waals surface area contributed by atoms with Gasteiger partial charge < -0.3 is 19.5 Å². The lowest BCUT2D eigenvalue weighted by Crippen LogP contribution is -2.07. The number of nitriles is 1. The molecule has 0 spiro atoms. The van der Waals surface area contributed by atoms with Crippen molar-refractivity contribution >= 4 is 17.7 Å². The number of amides is 1. The Hall–Kier alpha value is -3.46. The average Bonchev–Trinajstić information content (AvgIpc) is 2.67. The average molecular weight is 352 g/mol. The van der Waals surface area contributed by atoms with Crippen LogP contribution in [0, 0.1) is 11.3 Å². The van der Waals surface area contributed by atoms with Crippen molar-refractivity contribution < 1.29 is 19.0 Å². The molecule has 0 aliphatic heterocycles. The number of carbonyl (C=O) groups excluding carboxylic acids is 1. The van der Waals surface area contributed by atoms with Crippen LogP contribution in [0.4, 0.5) is 5.69 Å². The molecule has 2 aromatic carbocycles. The first-order chi connectivity index (χ1) is 12.6. The van der Waals surface area contributed by atoms with Gasteiger partial charge in [-0.05, 0) is 35.9 Å². The van der Waals surface area contributed by atoms with Gasteiger partial charge in [-0.2, -0.15) is 5.26 Å². The molecule has 6 heteroatoms. The normalized spacial score (nSPS) is 10.2. The third kappa shape index (κ3) is 4.54. The van der Waals surface area contributed by atoms with E-state index in [1.807, 2.05) is 0 Å². The number of rotatable bonds is 7. The van der Waals surface area contributed by atoms with E-state index in [2.05, 4.69) is 11.4 Å². The number of nitrogens with one attached hydrogen (secondary N) is 1. The van der Waals surface area contributed by atoms with E-state index in [9.17, 15) is 4.79 Å². The molecule has 0 aliphatic rings. The van der Waals surface area contributed by atoms with Gasteiger partial charge in [-0.3, -0.25) is 4.79 Å². The molecule has 1 amide bonds. The Morgan fingerprint density at radius 2 is 1.73 bits per heavy atom. The van der Waals surface area contributed by atoms with E-state index in [0.29, 0.717) is 34.9 Å². The van der Waals surface area contributed by atoms with Crippen LogP contribution in [-0.4, -0.2) is 27.2 Å². The van der Waals surface area contributed by atoms with Crippen LogP contribution in [0.15, 0.2) is 42.5 Å². The summed E-state index contributed by atoms with van der Waals surface area (Å²) in [5.41, 5.74) is 2.24. The van der Waals surface area contributed by atoms with Crippen molar-refractivity contribution in [2.24, 2.45) is 0 Å². The second kappa shape index (κ2) is 9.14. The molecule has 0 bridgehead atoms. The summed E-state index contributed by atoms with van der Waals surface area (Å²) in [6, 6.07) is 12.7. The third-order valence-corrected chi connectivity index (χ3v) is 3.65. The van der Waals surface area contributed by atoms with Gasteiger partial charge in [0.25, 0.3) is 0 Å². The maximum absolute atomic E-state index is 12.1. The molecule has 26 heavy (non-hydrogen) atoms. The minimum absolute atomic E-state index is 0.283. The van der Waals surface area contributed by atoms with Gasteiger partial charge in [-0.15, -0.1) is 0 Å². The highest BCUT2D eigenvalue weighted by atomic mass is 16.5. The van der Waals surface area contributed by atoms with E-state index in [-0.39, 0.29) is 5.91 Å². The number of benzene rings is 2. The van der Waals surface area contributed by atoms with Gasteiger partial charge in [0.1, 0.15) is 0 Å². The summed E-state index contributed by atoms with van der Waals surface area (Å²) in [6.45, 7) is 0. The number of anilines is 1. The second-order valence-corrected chi connectivity index (χ2v) is 5.28. The van der Waals surface area contributed by atoms with E-state index in [1.165, 1.54) is 20.3 Å². The van der Waals surface area contributed by atoms with Gasteiger partial charge in [0, 0.05) is 17.3 Å².